The second-order valence-electron chi connectivity index (χ2n) is 5.25. The number of allylic oxidation sites excluding steroid dienone is 1. The number of halogens is 1. The minimum atomic E-state index is -1.12. The van der Waals surface area contributed by atoms with Crippen LogP contribution in [-0.2, 0) is 4.79 Å². The number of aryl methyl sites for hydroxylation is 1. The van der Waals surface area contributed by atoms with Gasteiger partial charge in [-0.05, 0) is 36.3 Å². The van der Waals surface area contributed by atoms with Crippen LogP contribution in [0.15, 0.2) is 36.4 Å². The smallest absolute Gasteiger partial charge is 0.341 e. The predicted molar refractivity (Wildman–Crippen MR) is 95.8 cm³/mol. The largest absolute Gasteiger partial charge is 0.493 e. The van der Waals surface area contributed by atoms with Gasteiger partial charge in [-0.1, -0.05) is 41.4 Å². The van der Waals surface area contributed by atoms with Gasteiger partial charge >= 0.3 is 5.97 Å². The van der Waals surface area contributed by atoms with Crippen LogP contribution >= 0.6 is 11.6 Å². The number of rotatable bonds is 6. The molecule has 0 bridgehead atoms. The molecule has 2 rings (SSSR count). The Morgan fingerprint density at radius 1 is 1.32 bits per heavy atom. The SMILES string of the molecule is COc1cc(/C=C(\C#N)c2ccc(C)cc2)cc(Cl)c1OCC(=O)O. The van der Waals surface area contributed by atoms with Crippen molar-refractivity contribution < 1.29 is 19.4 Å². The maximum absolute atomic E-state index is 10.7. The first-order chi connectivity index (χ1) is 11.9. The summed E-state index contributed by atoms with van der Waals surface area (Å²) in [6, 6.07) is 13.0. The van der Waals surface area contributed by atoms with Crippen LogP contribution in [0, 0.1) is 18.3 Å². The number of ether oxygens (including phenoxy) is 2. The molecule has 0 aliphatic rings. The van der Waals surface area contributed by atoms with Crippen LogP contribution in [0.3, 0.4) is 0 Å². The predicted octanol–water partition coefficient (Wildman–Crippen LogP) is 4.18. The Morgan fingerprint density at radius 2 is 2.00 bits per heavy atom. The third kappa shape index (κ3) is 4.75. The maximum atomic E-state index is 10.7. The van der Waals surface area contributed by atoms with Crippen molar-refractivity contribution in [2.75, 3.05) is 13.7 Å². The standard InChI is InChI=1S/C19H16ClNO4/c1-12-3-5-14(6-4-12)15(10-21)7-13-8-16(20)19(17(9-13)24-2)25-11-18(22)23/h3-9H,11H2,1-2H3,(H,22,23)/b15-7+. The van der Waals surface area contributed by atoms with E-state index in [1.165, 1.54) is 7.11 Å². The van der Waals surface area contributed by atoms with E-state index in [1.807, 2.05) is 31.2 Å². The Hall–Kier alpha value is -2.97. The molecule has 0 aliphatic heterocycles. The molecule has 6 heteroatoms. The average molecular weight is 358 g/mol. The minimum absolute atomic E-state index is 0.151. The average Bonchev–Trinajstić information content (AvgIpc) is 2.59. The molecule has 0 aromatic heterocycles. The van der Waals surface area contributed by atoms with Crippen LogP contribution in [-0.4, -0.2) is 24.8 Å². The molecule has 5 nitrogen and oxygen atoms in total. The van der Waals surface area contributed by atoms with Crippen molar-refractivity contribution >= 4 is 29.2 Å². The van der Waals surface area contributed by atoms with Gasteiger partial charge in [0.05, 0.1) is 23.8 Å². The first-order valence-corrected chi connectivity index (χ1v) is 7.73. The highest BCUT2D eigenvalue weighted by molar-refractivity contribution is 6.32. The van der Waals surface area contributed by atoms with Crippen LogP contribution in [0.5, 0.6) is 11.5 Å². The summed E-state index contributed by atoms with van der Waals surface area (Å²) in [5.41, 5.74) is 3.00. The molecular weight excluding hydrogens is 342 g/mol. The fourth-order valence-corrected chi connectivity index (χ4v) is 2.45. The van der Waals surface area contributed by atoms with E-state index in [1.54, 1.807) is 18.2 Å². The highest BCUT2D eigenvalue weighted by Gasteiger charge is 2.13. The minimum Gasteiger partial charge on any atom is -0.493 e. The molecule has 25 heavy (non-hydrogen) atoms. The second-order valence-corrected chi connectivity index (χ2v) is 5.66. The lowest BCUT2D eigenvalue weighted by Gasteiger charge is -2.12. The molecule has 0 unspecified atom stereocenters. The summed E-state index contributed by atoms with van der Waals surface area (Å²) in [5.74, 6) is -0.674. The van der Waals surface area contributed by atoms with Gasteiger partial charge in [0.25, 0.3) is 0 Å². The summed E-state index contributed by atoms with van der Waals surface area (Å²) >= 11 is 6.18. The van der Waals surface area contributed by atoms with E-state index in [-0.39, 0.29) is 10.8 Å². The van der Waals surface area contributed by atoms with Gasteiger partial charge in [0, 0.05) is 0 Å². The first-order valence-electron chi connectivity index (χ1n) is 7.35. The molecule has 0 spiro atoms. The van der Waals surface area contributed by atoms with E-state index in [4.69, 9.17) is 26.2 Å². The number of nitrogens with zero attached hydrogens (tertiary/aromatic N) is 1. The van der Waals surface area contributed by atoms with Crippen LogP contribution in [0.1, 0.15) is 16.7 Å². The van der Waals surface area contributed by atoms with Crippen LogP contribution < -0.4 is 9.47 Å². The van der Waals surface area contributed by atoms with E-state index in [2.05, 4.69) is 6.07 Å². The first kappa shape index (κ1) is 18.4. The summed E-state index contributed by atoms with van der Waals surface area (Å²) in [7, 11) is 1.43. The van der Waals surface area contributed by atoms with Crippen LogP contribution in [0.2, 0.25) is 5.02 Å². The number of carbonyl (C=O) groups is 1. The van der Waals surface area contributed by atoms with Gasteiger partial charge in [0.2, 0.25) is 0 Å². The number of aliphatic carboxylic acids is 1. The summed E-state index contributed by atoms with van der Waals surface area (Å²) in [4.78, 5) is 10.7. The van der Waals surface area contributed by atoms with Crippen molar-refractivity contribution in [2.24, 2.45) is 0 Å². The topological polar surface area (TPSA) is 79.5 Å². The monoisotopic (exact) mass is 357 g/mol. The Balaban J connectivity index is 2.41. The fourth-order valence-electron chi connectivity index (χ4n) is 2.18. The van der Waals surface area contributed by atoms with E-state index >= 15 is 0 Å². The molecule has 0 amide bonds. The molecule has 2 aromatic carbocycles. The molecule has 0 radical (unpaired) electrons. The molecule has 128 valence electrons. The third-order valence-corrected chi connectivity index (χ3v) is 3.67. The van der Waals surface area contributed by atoms with Gasteiger partial charge < -0.3 is 14.6 Å². The van der Waals surface area contributed by atoms with Crippen molar-refractivity contribution in [3.8, 4) is 17.6 Å². The summed E-state index contributed by atoms with van der Waals surface area (Å²) in [5, 5.41) is 18.4. The van der Waals surface area contributed by atoms with Crippen molar-refractivity contribution in [2.45, 2.75) is 6.92 Å². The van der Waals surface area contributed by atoms with Crippen LogP contribution in [0.25, 0.3) is 11.6 Å². The molecular formula is C19H16ClNO4. The van der Waals surface area contributed by atoms with Crippen molar-refractivity contribution in [3.05, 3.63) is 58.1 Å². The Morgan fingerprint density at radius 3 is 2.56 bits per heavy atom. The number of hydrogen-bond donors (Lipinski definition) is 1. The van der Waals surface area contributed by atoms with E-state index < -0.39 is 12.6 Å². The summed E-state index contributed by atoms with van der Waals surface area (Å²) in [6.07, 6.45) is 1.68. The van der Waals surface area contributed by atoms with E-state index in [0.29, 0.717) is 16.9 Å². The number of carboxylic acid groups (broad SMARTS) is 1. The molecule has 0 atom stereocenters. The number of hydrogen-bond acceptors (Lipinski definition) is 4. The van der Waals surface area contributed by atoms with Gasteiger partial charge in [0.15, 0.2) is 18.1 Å². The lowest BCUT2D eigenvalue weighted by Crippen LogP contribution is -2.10. The number of carboxylic acids is 1. The maximum Gasteiger partial charge on any atom is 0.341 e. The number of methoxy groups -OCH3 is 1. The van der Waals surface area contributed by atoms with Crippen LogP contribution in [0.4, 0.5) is 0 Å². The molecule has 2 aromatic rings. The quantitative estimate of drug-likeness (QED) is 0.619. The van der Waals surface area contributed by atoms with Crippen molar-refractivity contribution in [3.63, 3.8) is 0 Å². The number of nitriles is 1. The molecule has 0 aliphatic carbocycles. The highest BCUT2D eigenvalue weighted by Crippen LogP contribution is 2.37. The van der Waals surface area contributed by atoms with Crippen molar-refractivity contribution in [1.29, 1.82) is 5.26 Å². The van der Waals surface area contributed by atoms with Gasteiger partial charge in [-0.2, -0.15) is 5.26 Å². The zero-order chi connectivity index (χ0) is 18.4. The molecule has 0 fully saturated rings. The van der Waals surface area contributed by atoms with Gasteiger partial charge in [0.1, 0.15) is 0 Å². The summed E-state index contributed by atoms with van der Waals surface area (Å²) in [6.45, 7) is 1.44. The highest BCUT2D eigenvalue weighted by atomic mass is 35.5. The van der Waals surface area contributed by atoms with Gasteiger partial charge in [-0.15, -0.1) is 0 Å². The molecule has 1 N–H and O–H groups in total. The normalized spacial score (nSPS) is 10.9. The Labute approximate surface area is 150 Å². The Bertz CT molecular complexity index is 851. The number of benzene rings is 2. The van der Waals surface area contributed by atoms with Gasteiger partial charge in [-0.3, -0.25) is 0 Å². The van der Waals surface area contributed by atoms with Crippen molar-refractivity contribution in [1.82, 2.24) is 0 Å². The zero-order valence-electron chi connectivity index (χ0n) is 13.7. The fraction of sp³-hybridized carbons (Fsp3) is 0.158. The third-order valence-electron chi connectivity index (χ3n) is 3.39. The van der Waals surface area contributed by atoms with Gasteiger partial charge in [-0.25, -0.2) is 4.79 Å². The second kappa shape index (κ2) is 8.22. The zero-order valence-corrected chi connectivity index (χ0v) is 14.5. The molecule has 0 saturated heterocycles. The summed E-state index contributed by atoms with van der Waals surface area (Å²) < 4.78 is 10.4. The lowest BCUT2D eigenvalue weighted by atomic mass is 10.0. The molecule has 0 saturated carbocycles. The van der Waals surface area contributed by atoms with E-state index in [9.17, 15) is 10.1 Å². The lowest BCUT2D eigenvalue weighted by molar-refractivity contribution is -0.139. The Kier molecular flexibility index (Phi) is 6.04. The van der Waals surface area contributed by atoms with E-state index in [0.717, 1.165) is 11.1 Å². The molecule has 0 heterocycles.